The molecule has 1 atom stereocenters. The van der Waals surface area contributed by atoms with Crippen LogP contribution in [0.25, 0.3) is 0 Å². The third-order valence-corrected chi connectivity index (χ3v) is 5.16. The van der Waals surface area contributed by atoms with Crippen LogP contribution in [0.3, 0.4) is 0 Å². The van der Waals surface area contributed by atoms with Crippen LogP contribution >= 0.6 is 0 Å². The van der Waals surface area contributed by atoms with Crippen molar-refractivity contribution in [1.29, 1.82) is 0 Å². The molecule has 1 aliphatic rings. The zero-order valence-corrected chi connectivity index (χ0v) is 12.8. The molecule has 2 rings (SSSR count). The number of hydrogen-bond donors (Lipinski definition) is 0. The van der Waals surface area contributed by atoms with Crippen molar-refractivity contribution >= 4 is 16.8 Å². The summed E-state index contributed by atoms with van der Waals surface area (Å²) in [4.78, 5) is 12.8. The van der Waals surface area contributed by atoms with E-state index in [1.54, 1.807) is 24.3 Å². The van der Waals surface area contributed by atoms with Gasteiger partial charge in [-0.2, -0.15) is 0 Å². The molecule has 1 saturated carbocycles. The lowest BCUT2D eigenvalue weighted by Gasteiger charge is -2.21. The molecule has 1 fully saturated rings. The van der Waals surface area contributed by atoms with Crippen molar-refractivity contribution in [2.45, 2.75) is 43.9 Å². The van der Waals surface area contributed by atoms with Crippen LogP contribution in [-0.4, -0.2) is 22.5 Å². The molecule has 0 amide bonds. The Kier molecular flexibility index (Phi) is 5.77. The van der Waals surface area contributed by atoms with Crippen LogP contribution < -0.4 is 0 Å². The largest absolute Gasteiger partial charge is 0.462 e. The van der Waals surface area contributed by atoms with Gasteiger partial charge in [-0.3, -0.25) is 4.21 Å². The van der Waals surface area contributed by atoms with E-state index in [0.29, 0.717) is 28.7 Å². The predicted octanol–water partition coefficient (Wildman–Crippen LogP) is 3.55. The van der Waals surface area contributed by atoms with E-state index in [-0.39, 0.29) is 5.97 Å². The number of rotatable bonds is 5. The zero-order valence-electron chi connectivity index (χ0n) is 12.0. The van der Waals surface area contributed by atoms with Gasteiger partial charge < -0.3 is 4.74 Å². The first-order chi connectivity index (χ1) is 9.72. The van der Waals surface area contributed by atoms with Gasteiger partial charge in [0.2, 0.25) is 0 Å². The lowest BCUT2D eigenvalue weighted by Crippen LogP contribution is -2.18. The quantitative estimate of drug-likeness (QED) is 0.780. The molecule has 0 aliphatic heterocycles. The summed E-state index contributed by atoms with van der Waals surface area (Å²) in [5.74, 6) is 0.664. The van der Waals surface area contributed by atoms with E-state index in [2.05, 4.69) is 0 Å². The maximum atomic E-state index is 12.2. The summed E-state index contributed by atoms with van der Waals surface area (Å²) in [7, 11) is -1.13. The SMILES string of the molecule is CC[S@](=O)c1ccccc1C(=O)OCC1CCCCC1. The van der Waals surface area contributed by atoms with Gasteiger partial charge in [0.25, 0.3) is 0 Å². The minimum atomic E-state index is -1.13. The fraction of sp³-hybridized carbons (Fsp3) is 0.562. The normalized spacial score (nSPS) is 17.6. The van der Waals surface area contributed by atoms with Crippen LogP contribution in [0, 0.1) is 5.92 Å². The average molecular weight is 294 g/mol. The smallest absolute Gasteiger partial charge is 0.339 e. The molecule has 0 N–H and O–H groups in total. The van der Waals surface area contributed by atoms with Crippen LogP contribution in [0.15, 0.2) is 29.2 Å². The zero-order chi connectivity index (χ0) is 14.4. The molecular formula is C16H22O3S. The predicted molar refractivity (Wildman–Crippen MR) is 80.2 cm³/mol. The molecule has 1 aromatic carbocycles. The first kappa shape index (κ1) is 15.2. The molecule has 3 nitrogen and oxygen atoms in total. The second-order valence-electron chi connectivity index (χ2n) is 5.23. The number of ether oxygens (including phenoxy) is 1. The lowest BCUT2D eigenvalue weighted by atomic mass is 9.90. The van der Waals surface area contributed by atoms with Gasteiger partial charge in [-0.25, -0.2) is 4.79 Å². The third-order valence-electron chi connectivity index (χ3n) is 3.79. The van der Waals surface area contributed by atoms with E-state index in [1.807, 2.05) is 6.92 Å². The minimum absolute atomic E-state index is 0.340. The lowest BCUT2D eigenvalue weighted by molar-refractivity contribution is 0.0406. The van der Waals surface area contributed by atoms with E-state index in [9.17, 15) is 9.00 Å². The summed E-state index contributed by atoms with van der Waals surface area (Å²) in [6.07, 6.45) is 6.06. The Hall–Kier alpha value is -1.16. The molecule has 4 heteroatoms. The molecule has 20 heavy (non-hydrogen) atoms. The van der Waals surface area contributed by atoms with E-state index >= 15 is 0 Å². The number of carbonyl (C=O) groups is 1. The van der Waals surface area contributed by atoms with E-state index in [4.69, 9.17) is 4.74 Å². The fourth-order valence-corrected chi connectivity index (χ4v) is 3.55. The first-order valence-electron chi connectivity index (χ1n) is 7.37. The number of hydrogen-bond acceptors (Lipinski definition) is 3. The van der Waals surface area contributed by atoms with Gasteiger partial charge in [-0.15, -0.1) is 0 Å². The topological polar surface area (TPSA) is 43.4 Å². The Balaban J connectivity index is 1.99. The summed E-state index contributed by atoms with van der Waals surface area (Å²) in [6, 6.07) is 7.04. The average Bonchev–Trinajstić information content (AvgIpc) is 2.52. The van der Waals surface area contributed by atoms with Crippen molar-refractivity contribution in [1.82, 2.24) is 0 Å². The Bertz CT molecular complexity index is 478. The Morgan fingerprint density at radius 2 is 1.95 bits per heavy atom. The Morgan fingerprint density at radius 3 is 2.65 bits per heavy atom. The highest BCUT2D eigenvalue weighted by atomic mass is 32.2. The summed E-state index contributed by atoms with van der Waals surface area (Å²) in [5, 5.41) is 0. The highest BCUT2D eigenvalue weighted by Crippen LogP contribution is 2.24. The van der Waals surface area contributed by atoms with E-state index in [1.165, 1.54) is 19.3 Å². The molecule has 0 radical (unpaired) electrons. The summed E-state index contributed by atoms with van der Waals surface area (Å²) in [5.41, 5.74) is 0.448. The van der Waals surface area contributed by atoms with E-state index < -0.39 is 10.8 Å². The van der Waals surface area contributed by atoms with Gasteiger partial charge in [0.05, 0.1) is 27.9 Å². The van der Waals surface area contributed by atoms with Crippen LogP contribution in [-0.2, 0) is 15.5 Å². The van der Waals surface area contributed by atoms with Crippen LogP contribution in [0.2, 0.25) is 0 Å². The molecule has 110 valence electrons. The molecule has 0 saturated heterocycles. The van der Waals surface area contributed by atoms with Gasteiger partial charge in [0, 0.05) is 5.75 Å². The van der Waals surface area contributed by atoms with Gasteiger partial charge in [-0.1, -0.05) is 38.3 Å². The molecule has 0 spiro atoms. The Labute approximate surface area is 123 Å². The maximum Gasteiger partial charge on any atom is 0.339 e. The maximum absolute atomic E-state index is 12.2. The molecule has 0 bridgehead atoms. The van der Waals surface area contributed by atoms with Gasteiger partial charge in [0.15, 0.2) is 0 Å². The van der Waals surface area contributed by atoms with Crippen molar-refractivity contribution in [3.05, 3.63) is 29.8 Å². The minimum Gasteiger partial charge on any atom is -0.462 e. The monoisotopic (exact) mass is 294 g/mol. The van der Waals surface area contributed by atoms with Crippen molar-refractivity contribution < 1.29 is 13.7 Å². The van der Waals surface area contributed by atoms with Crippen LogP contribution in [0.1, 0.15) is 49.4 Å². The van der Waals surface area contributed by atoms with Crippen molar-refractivity contribution in [2.75, 3.05) is 12.4 Å². The second-order valence-corrected chi connectivity index (χ2v) is 6.94. The number of esters is 1. The summed E-state index contributed by atoms with van der Waals surface area (Å²) in [6.45, 7) is 2.34. The van der Waals surface area contributed by atoms with Gasteiger partial charge in [0.1, 0.15) is 0 Å². The van der Waals surface area contributed by atoms with Gasteiger partial charge in [-0.05, 0) is 30.9 Å². The molecule has 1 aromatic rings. The fourth-order valence-electron chi connectivity index (χ4n) is 2.61. The van der Waals surface area contributed by atoms with Crippen molar-refractivity contribution in [2.24, 2.45) is 5.92 Å². The highest BCUT2D eigenvalue weighted by Gasteiger charge is 2.19. The first-order valence-corrected chi connectivity index (χ1v) is 8.68. The highest BCUT2D eigenvalue weighted by molar-refractivity contribution is 7.85. The molecule has 0 heterocycles. The van der Waals surface area contributed by atoms with Crippen LogP contribution in [0.5, 0.6) is 0 Å². The standard InChI is InChI=1S/C16H22O3S/c1-2-20(18)15-11-7-6-10-14(15)16(17)19-12-13-8-4-3-5-9-13/h6-7,10-11,13H,2-5,8-9,12H2,1H3/t20-/m0/s1. The van der Waals surface area contributed by atoms with Gasteiger partial charge >= 0.3 is 5.97 Å². The number of benzene rings is 1. The third kappa shape index (κ3) is 3.92. The molecule has 0 unspecified atom stereocenters. The number of carbonyl (C=O) groups excluding carboxylic acids is 1. The second kappa shape index (κ2) is 7.58. The summed E-state index contributed by atoms with van der Waals surface area (Å²) >= 11 is 0. The molecular weight excluding hydrogens is 272 g/mol. The van der Waals surface area contributed by atoms with E-state index in [0.717, 1.165) is 12.8 Å². The molecule has 1 aliphatic carbocycles. The van der Waals surface area contributed by atoms with Crippen molar-refractivity contribution in [3.8, 4) is 0 Å². The molecule has 0 aromatic heterocycles. The van der Waals surface area contributed by atoms with Crippen molar-refractivity contribution in [3.63, 3.8) is 0 Å². The van der Waals surface area contributed by atoms with Crippen LogP contribution in [0.4, 0.5) is 0 Å². The summed E-state index contributed by atoms with van der Waals surface area (Å²) < 4.78 is 17.4. The Morgan fingerprint density at radius 1 is 1.25 bits per heavy atom.